The Bertz CT molecular complexity index is 1560. The fraction of sp³-hybridized carbons (Fsp3) is 0.379. The van der Waals surface area contributed by atoms with Gasteiger partial charge in [0.15, 0.2) is 11.3 Å². The van der Waals surface area contributed by atoms with Crippen LogP contribution in [0.5, 0.6) is 11.5 Å². The van der Waals surface area contributed by atoms with E-state index in [-0.39, 0.29) is 16.8 Å². The molecule has 2 heterocycles. The number of benzene rings is 2. The summed E-state index contributed by atoms with van der Waals surface area (Å²) < 4.78 is 16.5. The third kappa shape index (κ3) is 4.98. The van der Waals surface area contributed by atoms with Crippen molar-refractivity contribution in [2.45, 2.75) is 70.3 Å². The van der Waals surface area contributed by atoms with E-state index in [9.17, 15) is 9.59 Å². The molecular weight excluding hydrogens is 494 g/mol. The van der Waals surface area contributed by atoms with Crippen molar-refractivity contribution < 1.29 is 18.4 Å². The first-order chi connectivity index (χ1) is 18.0. The number of hydrogen-bond donors (Lipinski definition) is 1. The molecule has 4 aromatic rings. The summed E-state index contributed by atoms with van der Waals surface area (Å²) in [4.78, 5) is 28.7. The highest BCUT2D eigenvalue weighted by molar-refractivity contribution is 6.19. The van der Waals surface area contributed by atoms with Gasteiger partial charge in [0.2, 0.25) is 0 Å². The monoisotopic (exact) mass is 523 g/mol. The molecule has 0 fully saturated rings. The summed E-state index contributed by atoms with van der Waals surface area (Å²) in [5, 5.41) is 1.77. The maximum absolute atomic E-state index is 12.0. The van der Waals surface area contributed by atoms with Crippen molar-refractivity contribution in [1.82, 2.24) is 0 Å². The molecule has 0 spiro atoms. The molecule has 6 rings (SSSR count). The minimum Gasteiger partial charge on any atom is -0.474 e. The van der Waals surface area contributed by atoms with Crippen LogP contribution >= 0.6 is 11.6 Å². The van der Waals surface area contributed by atoms with Gasteiger partial charge in [-0.2, -0.15) is 5.90 Å². The van der Waals surface area contributed by atoms with Crippen molar-refractivity contribution in [2.24, 2.45) is 5.90 Å². The molecule has 1 atom stereocenters. The predicted molar refractivity (Wildman–Crippen MR) is 144 cm³/mol. The Hall–Kier alpha value is -3.29. The number of alkyl halides is 1. The van der Waals surface area contributed by atoms with Gasteiger partial charge in [0.05, 0.1) is 10.8 Å². The van der Waals surface area contributed by atoms with Crippen molar-refractivity contribution in [3.05, 3.63) is 79.5 Å². The topological polar surface area (TPSA) is 105 Å². The van der Waals surface area contributed by atoms with E-state index in [4.69, 9.17) is 35.9 Å². The number of nitrogens with two attached hydrogens (primary N) is 1. The molecule has 0 saturated heterocycles. The van der Waals surface area contributed by atoms with E-state index in [1.54, 1.807) is 18.2 Å². The smallest absolute Gasteiger partial charge is 0.339 e. The van der Waals surface area contributed by atoms with Gasteiger partial charge in [0.1, 0.15) is 16.9 Å². The molecule has 0 bridgehead atoms. The first-order valence-electron chi connectivity index (χ1n) is 12.8. The van der Waals surface area contributed by atoms with Crippen LogP contribution in [-0.2, 0) is 25.7 Å². The first kappa shape index (κ1) is 25.4. The van der Waals surface area contributed by atoms with Crippen LogP contribution in [0.15, 0.2) is 54.8 Å². The van der Waals surface area contributed by atoms with Crippen LogP contribution in [0.3, 0.4) is 0 Å². The molecule has 2 aliphatic rings. The van der Waals surface area contributed by atoms with E-state index in [1.165, 1.54) is 0 Å². The van der Waals surface area contributed by atoms with Gasteiger partial charge in [-0.05, 0) is 93.2 Å². The summed E-state index contributed by atoms with van der Waals surface area (Å²) in [5.74, 6) is 6.55. The molecule has 2 aromatic heterocycles. The number of aryl methyl sites for hydroxylation is 2. The van der Waals surface area contributed by atoms with Crippen molar-refractivity contribution in [3.63, 3.8) is 0 Å². The van der Waals surface area contributed by atoms with Crippen molar-refractivity contribution in [3.8, 4) is 11.5 Å². The quantitative estimate of drug-likeness (QED) is 0.200. The fourth-order valence-electron chi connectivity index (χ4n) is 5.34. The first-order valence-corrected chi connectivity index (χ1v) is 13.3. The Balaban J connectivity index is 0.000000153. The zero-order chi connectivity index (χ0) is 25.9. The van der Waals surface area contributed by atoms with E-state index in [0.717, 1.165) is 90.8 Å². The summed E-state index contributed by atoms with van der Waals surface area (Å²) in [5.41, 5.74) is 4.07. The lowest BCUT2D eigenvalue weighted by Crippen LogP contribution is -2.16. The Morgan fingerprint density at radius 1 is 0.784 bits per heavy atom. The van der Waals surface area contributed by atoms with Gasteiger partial charge in [0, 0.05) is 11.1 Å². The van der Waals surface area contributed by atoms with Gasteiger partial charge in [-0.3, -0.25) is 0 Å². The van der Waals surface area contributed by atoms with E-state index in [1.807, 2.05) is 25.1 Å². The summed E-state index contributed by atoms with van der Waals surface area (Å²) in [6.07, 6.45) is 8.34. The molecule has 0 radical (unpaired) electrons. The second-order valence-electron chi connectivity index (χ2n) is 9.42. The highest BCUT2D eigenvalue weighted by atomic mass is 35.5. The molecule has 2 aliphatic carbocycles. The lowest BCUT2D eigenvalue weighted by molar-refractivity contribution is 0.280. The number of rotatable bonds is 4. The van der Waals surface area contributed by atoms with Crippen LogP contribution in [0.4, 0.5) is 0 Å². The van der Waals surface area contributed by atoms with Crippen LogP contribution in [-0.4, -0.2) is 5.56 Å². The highest BCUT2D eigenvalue weighted by Crippen LogP contribution is 2.35. The van der Waals surface area contributed by atoms with Crippen LogP contribution in [0, 0.1) is 0 Å². The summed E-state index contributed by atoms with van der Waals surface area (Å²) in [6, 6.07) is 10.9. The van der Waals surface area contributed by atoms with Gasteiger partial charge in [-0.25, -0.2) is 9.59 Å². The summed E-state index contributed by atoms with van der Waals surface area (Å²) in [6.45, 7) is 1.97. The second-order valence-corrected chi connectivity index (χ2v) is 9.91. The molecule has 37 heavy (non-hydrogen) atoms. The minimum atomic E-state index is -0.369. The zero-order valence-corrected chi connectivity index (χ0v) is 21.6. The van der Waals surface area contributed by atoms with Crippen molar-refractivity contribution in [1.29, 1.82) is 0 Å². The summed E-state index contributed by atoms with van der Waals surface area (Å²) in [7, 11) is 0. The maximum atomic E-state index is 12.0. The molecule has 7 nitrogen and oxygen atoms in total. The molecule has 8 heteroatoms. The molecule has 0 amide bonds. The maximum Gasteiger partial charge on any atom is 0.339 e. The van der Waals surface area contributed by atoms with Crippen LogP contribution < -0.4 is 26.7 Å². The zero-order valence-electron chi connectivity index (χ0n) is 20.8. The lowest BCUT2D eigenvalue weighted by atomic mass is 9.90. The molecule has 0 saturated carbocycles. The largest absolute Gasteiger partial charge is 0.474 e. The van der Waals surface area contributed by atoms with Gasteiger partial charge < -0.3 is 18.4 Å². The van der Waals surface area contributed by atoms with Gasteiger partial charge in [-0.1, -0.05) is 30.7 Å². The third-order valence-electron chi connectivity index (χ3n) is 7.12. The minimum absolute atomic E-state index is 0.206. The average molecular weight is 524 g/mol. The SMILES string of the molecule is CCC(Cl)Oc1cccc2oc(=O)c3c(c12)CCCC3.NOc1cccc2oc(=O)c3c(c12)CCCC3. The van der Waals surface area contributed by atoms with E-state index >= 15 is 0 Å². The molecule has 1 unspecified atom stereocenters. The second kappa shape index (κ2) is 11.0. The molecule has 0 aliphatic heterocycles. The highest BCUT2D eigenvalue weighted by Gasteiger charge is 2.22. The Morgan fingerprint density at radius 2 is 1.24 bits per heavy atom. The van der Waals surface area contributed by atoms with Crippen molar-refractivity contribution >= 4 is 33.5 Å². The summed E-state index contributed by atoms with van der Waals surface area (Å²) >= 11 is 6.10. The van der Waals surface area contributed by atoms with E-state index < -0.39 is 0 Å². The van der Waals surface area contributed by atoms with Gasteiger partial charge >= 0.3 is 11.3 Å². The van der Waals surface area contributed by atoms with Crippen molar-refractivity contribution in [2.75, 3.05) is 0 Å². The number of ether oxygens (including phenoxy) is 1. The Labute approximate surface area is 219 Å². The van der Waals surface area contributed by atoms with Crippen LogP contribution in [0.25, 0.3) is 21.9 Å². The Morgan fingerprint density at radius 3 is 1.73 bits per heavy atom. The normalized spacial score (nSPS) is 15.3. The number of hydrogen-bond acceptors (Lipinski definition) is 7. The molecule has 194 valence electrons. The van der Waals surface area contributed by atoms with Crippen LogP contribution in [0.2, 0.25) is 0 Å². The predicted octanol–water partition coefficient (Wildman–Crippen LogP) is 5.95. The standard InChI is InChI=1S/C16H17ClO3.C13H13NO3/c1-2-14(17)19-12-8-5-9-13-15(12)10-6-3-4-7-11(10)16(18)20-13;14-17-11-7-3-6-10-12(11)8-4-1-2-5-9(8)13(15)16-10/h5,8-9,14H,2-4,6-7H2,1H3;3,6-7H,1-2,4-5,14H2. The fourth-order valence-corrected chi connectivity index (χ4v) is 5.44. The number of fused-ring (bicyclic) bond motifs is 6. The van der Waals surface area contributed by atoms with Gasteiger partial charge in [-0.15, -0.1) is 0 Å². The van der Waals surface area contributed by atoms with Gasteiger partial charge in [0.25, 0.3) is 0 Å². The molecule has 2 aromatic carbocycles. The third-order valence-corrected chi connectivity index (χ3v) is 7.51. The Kier molecular flexibility index (Phi) is 7.53. The molecular formula is C29H30ClNO6. The molecule has 2 N–H and O–H groups in total. The lowest BCUT2D eigenvalue weighted by Gasteiger charge is -2.19. The average Bonchev–Trinajstić information content (AvgIpc) is 2.93. The van der Waals surface area contributed by atoms with E-state index in [2.05, 4.69) is 0 Å². The van der Waals surface area contributed by atoms with E-state index in [0.29, 0.717) is 22.7 Å². The van der Waals surface area contributed by atoms with Crippen LogP contribution in [0.1, 0.15) is 61.3 Å². The number of halogens is 1.